The van der Waals surface area contributed by atoms with E-state index < -0.39 is 0 Å². The first-order chi connectivity index (χ1) is 7.65. The van der Waals surface area contributed by atoms with Gasteiger partial charge in [0.15, 0.2) is 0 Å². The molecule has 16 heavy (non-hydrogen) atoms. The molecule has 0 aromatic carbocycles. The Morgan fingerprint density at radius 2 is 2.25 bits per heavy atom. The molecule has 0 aromatic rings. The lowest BCUT2D eigenvalue weighted by Crippen LogP contribution is -2.31. The number of carbonyl (C=O) groups is 1. The van der Waals surface area contributed by atoms with E-state index in [-0.39, 0.29) is 17.7 Å². The Labute approximate surface area is 96.1 Å². The molecule has 1 atom stereocenters. The number of nitrogens with two attached hydrogens (primary N) is 1. The number of oxime groups is 1. The van der Waals surface area contributed by atoms with Crippen LogP contribution < -0.4 is 11.1 Å². The van der Waals surface area contributed by atoms with Crippen molar-refractivity contribution in [3.05, 3.63) is 0 Å². The largest absolute Gasteiger partial charge is 0.409 e. The van der Waals surface area contributed by atoms with Crippen molar-refractivity contribution in [3.63, 3.8) is 0 Å². The monoisotopic (exact) mass is 227 g/mol. The van der Waals surface area contributed by atoms with Crippen molar-refractivity contribution >= 4 is 11.7 Å². The summed E-state index contributed by atoms with van der Waals surface area (Å²) in [6.07, 6.45) is 4.65. The average molecular weight is 227 g/mol. The van der Waals surface area contributed by atoms with E-state index in [9.17, 15) is 4.79 Å². The normalized spacial score (nSPS) is 18.2. The molecular formula is C11H21N3O2. The third kappa shape index (κ3) is 4.51. The molecule has 0 radical (unpaired) electrons. The highest BCUT2D eigenvalue weighted by atomic mass is 16.4. The summed E-state index contributed by atoms with van der Waals surface area (Å²) in [5, 5.41) is 14.1. The molecule has 1 unspecified atom stereocenters. The van der Waals surface area contributed by atoms with Crippen LogP contribution in [0.2, 0.25) is 0 Å². The van der Waals surface area contributed by atoms with Crippen LogP contribution in [0.25, 0.3) is 0 Å². The zero-order chi connectivity index (χ0) is 12.0. The van der Waals surface area contributed by atoms with Crippen LogP contribution in [-0.2, 0) is 4.79 Å². The number of unbranched alkanes of at least 4 members (excludes halogenated alkanes) is 1. The van der Waals surface area contributed by atoms with Gasteiger partial charge in [0.05, 0.1) is 0 Å². The van der Waals surface area contributed by atoms with E-state index in [1.807, 2.05) is 6.92 Å². The smallest absolute Gasteiger partial charge is 0.223 e. The van der Waals surface area contributed by atoms with Crippen LogP contribution >= 0.6 is 0 Å². The summed E-state index contributed by atoms with van der Waals surface area (Å²) in [5.41, 5.74) is 5.32. The van der Waals surface area contributed by atoms with Crippen molar-refractivity contribution in [2.24, 2.45) is 22.7 Å². The Morgan fingerprint density at radius 1 is 1.56 bits per heavy atom. The second kappa shape index (κ2) is 6.35. The van der Waals surface area contributed by atoms with Gasteiger partial charge in [0, 0.05) is 18.9 Å². The van der Waals surface area contributed by atoms with Crippen LogP contribution in [0.15, 0.2) is 5.16 Å². The van der Waals surface area contributed by atoms with Crippen molar-refractivity contribution in [1.82, 2.24) is 5.32 Å². The number of nitrogens with zero attached hydrogens (tertiary/aromatic N) is 1. The van der Waals surface area contributed by atoms with E-state index in [1.54, 1.807) is 0 Å². The molecule has 5 nitrogen and oxygen atoms in total. The van der Waals surface area contributed by atoms with Gasteiger partial charge in [-0.3, -0.25) is 4.79 Å². The number of carbonyl (C=O) groups excluding carboxylic acids is 1. The summed E-state index contributed by atoms with van der Waals surface area (Å²) in [6, 6.07) is 0. The molecule has 1 rings (SSSR count). The molecule has 0 heterocycles. The van der Waals surface area contributed by atoms with Gasteiger partial charge in [0.2, 0.25) is 5.91 Å². The molecule has 92 valence electrons. The first-order valence-corrected chi connectivity index (χ1v) is 5.89. The first-order valence-electron chi connectivity index (χ1n) is 5.89. The first kappa shape index (κ1) is 12.8. The Bertz CT molecular complexity index is 262. The van der Waals surface area contributed by atoms with Gasteiger partial charge >= 0.3 is 0 Å². The van der Waals surface area contributed by atoms with E-state index in [2.05, 4.69) is 10.5 Å². The van der Waals surface area contributed by atoms with E-state index in [4.69, 9.17) is 10.9 Å². The maximum atomic E-state index is 11.6. The van der Waals surface area contributed by atoms with Gasteiger partial charge in [0.25, 0.3) is 0 Å². The van der Waals surface area contributed by atoms with Crippen LogP contribution in [0.3, 0.4) is 0 Å². The minimum Gasteiger partial charge on any atom is -0.409 e. The number of hydrogen-bond donors (Lipinski definition) is 3. The number of hydrogen-bond acceptors (Lipinski definition) is 3. The SMILES string of the molecule is CC(C(=O)NCCCCC(N)=NO)C1CC1. The topological polar surface area (TPSA) is 87.7 Å². The van der Waals surface area contributed by atoms with Crippen molar-refractivity contribution in [3.8, 4) is 0 Å². The Kier molecular flexibility index (Phi) is 5.08. The number of nitrogens with one attached hydrogen (secondary N) is 1. The van der Waals surface area contributed by atoms with Crippen molar-refractivity contribution in [1.29, 1.82) is 0 Å². The average Bonchev–Trinajstić information content (AvgIpc) is 3.10. The van der Waals surface area contributed by atoms with Gasteiger partial charge < -0.3 is 16.3 Å². The Balaban J connectivity index is 2.00. The molecule has 4 N–H and O–H groups in total. The lowest BCUT2D eigenvalue weighted by molar-refractivity contribution is -0.125. The van der Waals surface area contributed by atoms with Gasteiger partial charge in [-0.1, -0.05) is 12.1 Å². The molecule has 0 saturated heterocycles. The molecule has 0 aromatic heterocycles. The highest BCUT2D eigenvalue weighted by Crippen LogP contribution is 2.36. The summed E-state index contributed by atoms with van der Waals surface area (Å²) in [4.78, 5) is 11.6. The molecule has 0 aliphatic heterocycles. The second-order valence-electron chi connectivity index (χ2n) is 4.47. The van der Waals surface area contributed by atoms with Crippen molar-refractivity contribution in [2.45, 2.75) is 39.0 Å². The van der Waals surface area contributed by atoms with Gasteiger partial charge in [-0.2, -0.15) is 0 Å². The third-order valence-electron chi connectivity index (χ3n) is 3.03. The standard InChI is InChI=1S/C11H21N3O2/c1-8(9-5-6-9)11(15)13-7-3-2-4-10(12)14-16/h8-9,16H,2-7H2,1H3,(H2,12,14)(H,13,15). The van der Waals surface area contributed by atoms with Gasteiger partial charge in [-0.05, 0) is 31.6 Å². The molecule has 1 aliphatic carbocycles. The number of rotatable bonds is 7. The second-order valence-corrected chi connectivity index (χ2v) is 4.47. The molecular weight excluding hydrogens is 206 g/mol. The van der Waals surface area contributed by atoms with Crippen LogP contribution in [0.4, 0.5) is 0 Å². The zero-order valence-electron chi connectivity index (χ0n) is 9.78. The predicted molar refractivity (Wildman–Crippen MR) is 62.2 cm³/mol. The highest BCUT2D eigenvalue weighted by molar-refractivity contribution is 5.79. The molecule has 5 heteroatoms. The Morgan fingerprint density at radius 3 is 2.81 bits per heavy atom. The molecule has 0 bridgehead atoms. The quantitative estimate of drug-likeness (QED) is 0.200. The van der Waals surface area contributed by atoms with E-state index in [0.717, 1.165) is 12.8 Å². The minimum absolute atomic E-state index is 0.157. The highest BCUT2D eigenvalue weighted by Gasteiger charge is 2.32. The molecule has 1 saturated carbocycles. The molecule has 0 spiro atoms. The number of amidine groups is 1. The van der Waals surface area contributed by atoms with Crippen LogP contribution in [-0.4, -0.2) is 23.5 Å². The third-order valence-corrected chi connectivity index (χ3v) is 3.03. The summed E-state index contributed by atoms with van der Waals surface area (Å²) in [6.45, 7) is 2.66. The molecule has 1 amide bonds. The molecule has 1 aliphatic rings. The fraction of sp³-hybridized carbons (Fsp3) is 0.818. The van der Waals surface area contributed by atoms with Gasteiger partial charge in [0.1, 0.15) is 5.84 Å². The maximum Gasteiger partial charge on any atom is 0.223 e. The van der Waals surface area contributed by atoms with Crippen LogP contribution in [0.1, 0.15) is 39.0 Å². The summed E-state index contributed by atoms with van der Waals surface area (Å²) in [5.74, 6) is 1.17. The lowest BCUT2D eigenvalue weighted by Gasteiger charge is -2.10. The Hall–Kier alpha value is -1.26. The summed E-state index contributed by atoms with van der Waals surface area (Å²) in [7, 11) is 0. The molecule has 1 fully saturated rings. The van der Waals surface area contributed by atoms with Crippen molar-refractivity contribution in [2.75, 3.05) is 6.54 Å². The van der Waals surface area contributed by atoms with Gasteiger partial charge in [-0.15, -0.1) is 0 Å². The van der Waals surface area contributed by atoms with Gasteiger partial charge in [-0.25, -0.2) is 0 Å². The predicted octanol–water partition coefficient (Wildman–Crippen LogP) is 1.07. The summed E-state index contributed by atoms with van der Waals surface area (Å²) >= 11 is 0. The fourth-order valence-corrected chi connectivity index (χ4v) is 1.66. The van der Waals surface area contributed by atoms with Crippen molar-refractivity contribution < 1.29 is 10.0 Å². The van der Waals surface area contributed by atoms with E-state index >= 15 is 0 Å². The lowest BCUT2D eigenvalue weighted by atomic mass is 10.1. The van der Waals surface area contributed by atoms with Crippen LogP contribution in [0, 0.1) is 11.8 Å². The minimum atomic E-state index is 0.157. The van der Waals surface area contributed by atoms with Crippen LogP contribution in [0.5, 0.6) is 0 Å². The summed E-state index contributed by atoms with van der Waals surface area (Å²) < 4.78 is 0. The number of amides is 1. The maximum absolute atomic E-state index is 11.6. The van der Waals surface area contributed by atoms with E-state index in [0.29, 0.717) is 18.9 Å². The fourth-order valence-electron chi connectivity index (χ4n) is 1.66. The van der Waals surface area contributed by atoms with E-state index in [1.165, 1.54) is 12.8 Å². The zero-order valence-corrected chi connectivity index (χ0v) is 9.78.